The quantitative estimate of drug-likeness (QED) is 0.0746. The van der Waals surface area contributed by atoms with Gasteiger partial charge in [0.1, 0.15) is 18.1 Å². The highest BCUT2D eigenvalue weighted by Crippen LogP contribution is 2.14. The van der Waals surface area contributed by atoms with Crippen LogP contribution in [-0.4, -0.2) is 93.2 Å². The molecule has 3 aromatic rings. The first-order valence-corrected chi connectivity index (χ1v) is 19.2. The van der Waals surface area contributed by atoms with Gasteiger partial charge in [-0.05, 0) is 48.3 Å². The highest BCUT2D eigenvalue weighted by atomic mass is 16.4. The summed E-state index contributed by atoms with van der Waals surface area (Å²) in [5.41, 5.74) is 2.29. The first-order chi connectivity index (χ1) is 27.0. The number of nitrogens with one attached hydrogen (secondary N) is 5. The Hall–Kier alpha value is -5.60. The summed E-state index contributed by atoms with van der Waals surface area (Å²) in [5.74, 6) is -4.83. The molecule has 0 spiro atoms. The first kappa shape index (κ1) is 45.8. The largest absolute Gasteiger partial charge is 0.481 e. The molecule has 0 aliphatic rings. The van der Waals surface area contributed by atoms with Gasteiger partial charge in [0, 0.05) is 0 Å². The molecule has 0 aliphatic carbocycles. The number of carbonyl (C=O) groups excluding carboxylic acids is 5. The topological polar surface area (TPSA) is 223 Å². The predicted octanol–water partition coefficient (Wildman–Crippen LogP) is 2.06. The van der Waals surface area contributed by atoms with Crippen molar-refractivity contribution < 1.29 is 44.1 Å². The van der Waals surface area contributed by atoms with Gasteiger partial charge in [0.25, 0.3) is 0 Å². The van der Waals surface area contributed by atoms with E-state index in [0.29, 0.717) is 0 Å². The van der Waals surface area contributed by atoms with Gasteiger partial charge in [0.05, 0.1) is 43.6 Å². The lowest BCUT2D eigenvalue weighted by Crippen LogP contribution is -2.59. The molecule has 0 saturated carbocycles. The molecule has 5 amide bonds. The lowest BCUT2D eigenvalue weighted by Gasteiger charge is -2.30. The van der Waals surface area contributed by atoms with Gasteiger partial charge in [0.15, 0.2) is 0 Å². The van der Waals surface area contributed by atoms with Crippen LogP contribution in [-0.2, 0) is 48.0 Å². The van der Waals surface area contributed by atoms with Crippen LogP contribution in [0.4, 0.5) is 0 Å². The van der Waals surface area contributed by atoms with Crippen LogP contribution < -0.4 is 26.6 Å². The Labute approximate surface area is 334 Å². The van der Waals surface area contributed by atoms with Gasteiger partial charge in [-0.15, -0.1) is 0 Å². The third-order valence-electron chi connectivity index (χ3n) is 9.45. The van der Waals surface area contributed by atoms with Crippen LogP contribution in [0.3, 0.4) is 0 Å². The molecule has 3 rings (SSSR count). The molecule has 14 nitrogen and oxygen atoms in total. The van der Waals surface area contributed by atoms with Crippen molar-refractivity contribution in [3.05, 3.63) is 108 Å². The Balaban J connectivity index is 1.69. The zero-order valence-corrected chi connectivity index (χ0v) is 33.2. The van der Waals surface area contributed by atoms with Crippen molar-refractivity contribution in [3.63, 3.8) is 0 Å². The van der Waals surface area contributed by atoms with Crippen LogP contribution >= 0.6 is 0 Å². The fraction of sp³-hybridized carbons (Fsp3) is 0.442. The molecule has 3 aromatic carbocycles. The molecule has 14 heteroatoms. The number of rotatable bonds is 22. The molecule has 0 saturated heterocycles. The number of aliphatic hydroxyl groups is 2. The molecule has 0 aromatic heterocycles. The normalized spacial score (nSPS) is 14.9. The molecule has 308 valence electrons. The average Bonchev–Trinajstić information content (AvgIpc) is 3.15. The van der Waals surface area contributed by atoms with E-state index in [4.69, 9.17) is 0 Å². The molecular formula is C43H57N5O9. The van der Waals surface area contributed by atoms with Crippen molar-refractivity contribution in [1.82, 2.24) is 26.6 Å². The van der Waals surface area contributed by atoms with E-state index in [9.17, 15) is 44.1 Å². The number of carboxylic acids is 1. The molecule has 0 bridgehead atoms. The summed E-state index contributed by atoms with van der Waals surface area (Å²) in [6.07, 6.45) is -3.62. The molecule has 0 heterocycles. The second kappa shape index (κ2) is 22.8. The van der Waals surface area contributed by atoms with E-state index in [-0.39, 0.29) is 31.1 Å². The zero-order chi connectivity index (χ0) is 42.1. The zero-order valence-electron chi connectivity index (χ0n) is 33.2. The van der Waals surface area contributed by atoms with Crippen LogP contribution in [0.1, 0.15) is 64.2 Å². The van der Waals surface area contributed by atoms with Crippen LogP contribution in [0.25, 0.3) is 0 Å². The van der Waals surface area contributed by atoms with Gasteiger partial charge in [-0.3, -0.25) is 28.8 Å². The minimum atomic E-state index is -1.43. The Kier molecular flexibility index (Phi) is 18.3. The smallest absolute Gasteiger partial charge is 0.306 e. The van der Waals surface area contributed by atoms with Crippen molar-refractivity contribution in [2.45, 2.75) is 109 Å². The summed E-state index contributed by atoms with van der Waals surface area (Å²) >= 11 is 0. The SMILES string of the molecule is CC(C)[C@H](NC(=O)Cc1ccccc1)C(=O)N[C@H](C(=O)N[C@@H](Cc1ccccc1)C(O)CC(=O)N[C@@H](C)C(=O)N[C@@H](Cc1ccccc1)C(O)CC(=O)O)C(C)C. The van der Waals surface area contributed by atoms with E-state index >= 15 is 0 Å². The minimum absolute atomic E-state index is 0.0756. The van der Waals surface area contributed by atoms with Gasteiger partial charge >= 0.3 is 5.97 Å². The fourth-order valence-electron chi connectivity index (χ4n) is 6.22. The highest BCUT2D eigenvalue weighted by Gasteiger charge is 2.34. The van der Waals surface area contributed by atoms with Gasteiger partial charge in [-0.2, -0.15) is 0 Å². The fourth-order valence-corrected chi connectivity index (χ4v) is 6.22. The number of carboxylic acid groups (broad SMARTS) is 1. The molecule has 0 aliphatic heterocycles. The number of amides is 5. The second-order valence-corrected chi connectivity index (χ2v) is 15.0. The predicted molar refractivity (Wildman–Crippen MR) is 214 cm³/mol. The summed E-state index contributed by atoms with van der Waals surface area (Å²) in [6.45, 7) is 8.47. The van der Waals surface area contributed by atoms with Crippen molar-refractivity contribution >= 4 is 35.5 Å². The van der Waals surface area contributed by atoms with Crippen molar-refractivity contribution in [1.29, 1.82) is 0 Å². The van der Waals surface area contributed by atoms with E-state index in [2.05, 4.69) is 26.6 Å². The summed E-state index contributed by atoms with van der Waals surface area (Å²) < 4.78 is 0. The third kappa shape index (κ3) is 15.8. The van der Waals surface area contributed by atoms with Crippen LogP contribution in [0.15, 0.2) is 91.0 Å². The Bertz CT molecular complexity index is 1760. The van der Waals surface area contributed by atoms with E-state index in [0.717, 1.165) is 16.7 Å². The Morgan fingerprint density at radius 3 is 1.35 bits per heavy atom. The molecule has 7 atom stereocenters. The van der Waals surface area contributed by atoms with Crippen molar-refractivity contribution in [2.75, 3.05) is 0 Å². The number of aliphatic hydroxyl groups excluding tert-OH is 2. The highest BCUT2D eigenvalue weighted by molar-refractivity contribution is 5.93. The number of benzene rings is 3. The maximum Gasteiger partial charge on any atom is 0.306 e. The van der Waals surface area contributed by atoms with Crippen molar-refractivity contribution in [3.8, 4) is 0 Å². The lowest BCUT2D eigenvalue weighted by atomic mass is 9.96. The average molecular weight is 788 g/mol. The van der Waals surface area contributed by atoms with Gasteiger partial charge in [-0.25, -0.2) is 0 Å². The van der Waals surface area contributed by atoms with Crippen LogP contribution in [0.5, 0.6) is 0 Å². The van der Waals surface area contributed by atoms with E-state index < -0.39 is 90.8 Å². The molecule has 0 radical (unpaired) electrons. The van der Waals surface area contributed by atoms with Crippen LogP contribution in [0, 0.1) is 11.8 Å². The van der Waals surface area contributed by atoms with Crippen molar-refractivity contribution in [2.24, 2.45) is 11.8 Å². The second-order valence-electron chi connectivity index (χ2n) is 15.0. The van der Waals surface area contributed by atoms with Crippen LogP contribution in [0.2, 0.25) is 0 Å². The maximum absolute atomic E-state index is 13.9. The number of carbonyl (C=O) groups is 6. The summed E-state index contributed by atoms with van der Waals surface area (Å²) in [7, 11) is 0. The standard InChI is InChI=1S/C43H57N5O9/c1-26(2)39(47-36(51)23-31-19-13-8-14-20-31)43(57)48-40(27(3)4)42(56)46-32(21-29-15-9-6-10-16-29)34(49)24-37(52)44-28(5)41(55)45-33(35(50)25-38(53)54)22-30-17-11-7-12-18-30/h6-20,26-28,32-35,39-40,49-50H,21-25H2,1-5H3,(H,44,52)(H,45,55)(H,46,56)(H,47,51)(H,48,57)(H,53,54)/t28-,32-,33-,34?,35?,39-,40-/m0/s1. The van der Waals surface area contributed by atoms with Gasteiger partial charge in [0.2, 0.25) is 29.5 Å². The summed E-state index contributed by atoms with van der Waals surface area (Å²) in [4.78, 5) is 78.0. The number of hydrogen-bond donors (Lipinski definition) is 8. The Morgan fingerprint density at radius 1 is 0.491 bits per heavy atom. The maximum atomic E-state index is 13.9. The summed E-state index contributed by atoms with van der Waals surface area (Å²) in [5, 5.41) is 44.8. The third-order valence-corrected chi connectivity index (χ3v) is 9.45. The molecule has 57 heavy (non-hydrogen) atoms. The molecular weight excluding hydrogens is 730 g/mol. The first-order valence-electron chi connectivity index (χ1n) is 19.2. The Morgan fingerprint density at radius 2 is 0.895 bits per heavy atom. The van der Waals surface area contributed by atoms with E-state index in [1.165, 1.54) is 6.92 Å². The van der Waals surface area contributed by atoms with Gasteiger partial charge in [-0.1, -0.05) is 119 Å². The molecule has 8 N–H and O–H groups in total. The monoisotopic (exact) mass is 787 g/mol. The van der Waals surface area contributed by atoms with Gasteiger partial charge < -0.3 is 41.9 Å². The van der Waals surface area contributed by atoms with E-state index in [1.807, 2.05) is 36.4 Å². The number of aliphatic carboxylic acids is 1. The van der Waals surface area contributed by atoms with E-state index in [1.54, 1.807) is 82.3 Å². The minimum Gasteiger partial charge on any atom is -0.481 e. The summed E-state index contributed by atoms with van der Waals surface area (Å²) in [6, 6.07) is 21.9. The number of hydrogen-bond acceptors (Lipinski definition) is 8. The molecule has 0 fully saturated rings. The lowest BCUT2D eigenvalue weighted by molar-refractivity contribution is -0.140. The molecule has 2 unspecified atom stereocenters.